The molecule has 0 N–H and O–H groups in total. The summed E-state index contributed by atoms with van der Waals surface area (Å²) in [4.78, 5) is 79.2. The van der Waals surface area contributed by atoms with Crippen molar-refractivity contribution in [1.29, 1.82) is 0 Å². The molecule has 3 saturated heterocycles. The first-order chi connectivity index (χ1) is 20.2. The van der Waals surface area contributed by atoms with E-state index in [4.69, 9.17) is 28.4 Å². The van der Waals surface area contributed by atoms with E-state index in [1.807, 2.05) is 0 Å². The van der Waals surface area contributed by atoms with Crippen molar-refractivity contribution in [1.82, 2.24) is 0 Å². The Morgan fingerprint density at radius 2 is 1.61 bits per heavy atom. The Hall–Kier alpha value is -3.54. The zero-order chi connectivity index (χ0) is 33.0. The third-order valence-electron chi connectivity index (χ3n) is 11.4. The number of carbonyl (C=O) groups excluding carboxylic acids is 6. The van der Waals surface area contributed by atoms with E-state index in [-0.39, 0.29) is 24.8 Å². The Balaban J connectivity index is 1.93. The molecule has 2 unspecified atom stereocenters. The molecule has 0 amide bonds. The molecule has 44 heavy (non-hydrogen) atoms. The monoisotopic (exact) mass is 616 g/mol. The van der Waals surface area contributed by atoms with Gasteiger partial charge in [-0.3, -0.25) is 28.8 Å². The molecule has 2 bridgehead atoms. The van der Waals surface area contributed by atoms with E-state index in [2.05, 4.69) is 13.2 Å². The van der Waals surface area contributed by atoms with Crippen LogP contribution in [-0.4, -0.2) is 77.9 Å². The third kappa shape index (κ3) is 3.43. The average Bonchev–Trinajstić information content (AvgIpc) is 3.16. The molecule has 2 aliphatic carbocycles. The first-order valence-corrected chi connectivity index (χ1v) is 14.7. The highest BCUT2D eigenvalue weighted by Crippen LogP contribution is 2.78. The van der Waals surface area contributed by atoms with E-state index in [1.165, 1.54) is 27.9 Å². The van der Waals surface area contributed by atoms with Gasteiger partial charge >= 0.3 is 29.8 Å². The van der Waals surface area contributed by atoms with E-state index in [9.17, 15) is 28.8 Å². The summed E-state index contributed by atoms with van der Waals surface area (Å²) < 4.78 is 36.5. The number of Topliss-reactive ketones (excluding diaryl/α,β-unsaturated/α-hetero) is 1. The molecule has 0 aromatic carbocycles. The van der Waals surface area contributed by atoms with E-state index in [0.29, 0.717) is 5.57 Å². The van der Waals surface area contributed by atoms with Crippen molar-refractivity contribution >= 4 is 35.6 Å². The minimum atomic E-state index is -1.93. The van der Waals surface area contributed by atoms with Crippen LogP contribution in [0, 0.1) is 22.2 Å². The normalized spacial score (nSPS) is 43.7. The number of methoxy groups -OCH3 is 1. The fraction of sp³-hybridized carbons (Fsp3) is 0.688. The van der Waals surface area contributed by atoms with Gasteiger partial charge in [0.25, 0.3) is 0 Å². The Kier molecular flexibility index (Phi) is 6.87. The predicted octanol–water partition coefficient (Wildman–Crippen LogP) is 2.70. The van der Waals surface area contributed by atoms with Crippen LogP contribution < -0.4 is 0 Å². The standard InChI is InChI=1S/C32H40O12/c1-15(33)13-22(36)42-20-14-30(12-11-21(35)43-27(30,6)7)18(4)32(39-10)25(41-19(5)34)28(8)17(3)31(29(20,32)9)23(24(37)44-28)16(2)40-26(31)38/h16,20,23,25H,3-4,11-14H2,1-2,5-10H3/t16-,20-,23?,25-,28+,29-,30+,31+,32?/m0/s1. The smallest absolute Gasteiger partial charge is 0.318 e. The Bertz CT molecular complexity index is 1430. The summed E-state index contributed by atoms with van der Waals surface area (Å²) in [5.41, 5.74) is -9.53. The zero-order valence-electron chi connectivity index (χ0n) is 26.5. The molecule has 5 fully saturated rings. The molecule has 3 aliphatic heterocycles. The number of rotatable bonds is 5. The maximum absolute atomic E-state index is 14.4. The lowest BCUT2D eigenvalue weighted by molar-refractivity contribution is -0.327. The van der Waals surface area contributed by atoms with Gasteiger partial charge in [0.05, 0.1) is 5.41 Å². The average molecular weight is 617 g/mol. The van der Waals surface area contributed by atoms with Crippen LogP contribution >= 0.6 is 0 Å². The second-order valence-corrected chi connectivity index (χ2v) is 13.6. The van der Waals surface area contributed by atoms with Gasteiger partial charge in [0, 0.05) is 25.9 Å². The number of hydrogen-bond donors (Lipinski definition) is 0. The minimum Gasteiger partial charge on any atom is -0.461 e. The number of ether oxygens (including phenoxy) is 6. The molecule has 2 spiro atoms. The fourth-order valence-electron chi connectivity index (χ4n) is 9.47. The van der Waals surface area contributed by atoms with E-state index < -0.39 is 99.3 Å². The highest BCUT2D eigenvalue weighted by atomic mass is 16.6. The van der Waals surface area contributed by atoms with Crippen LogP contribution in [0.1, 0.15) is 74.1 Å². The van der Waals surface area contributed by atoms with Gasteiger partial charge in [-0.15, -0.1) is 0 Å². The SMILES string of the molecule is C=C1C2(OC)[C@@H](OC(C)=O)[C@]3(C)OC(=O)C4[C@H](C)OC(=O)[C@]4(C3=C)[C@]2(C)[C@@H](OC(=O)CC(C)=O)C[C@]12CCC(=O)OC2(C)C. The second-order valence-electron chi connectivity index (χ2n) is 13.6. The molecule has 3 heterocycles. The number of esters is 5. The number of hydrogen-bond acceptors (Lipinski definition) is 12. The number of cyclic esters (lactones) is 2. The lowest BCUT2D eigenvalue weighted by Crippen LogP contribution is -2.86. The molecule has 12 nitrogen and oxygen atoms in total. The van der Waals surface area contributed by atoms with Crippen molar-refractivity contribution in [2.45, 2.75) is 109 Å². The van der Waals surface area contributed by atoms with Crippen LogP contribution in [0.2, 0.25) is 0 Å². The topological polar surface area (TPSA) is 158 Å². The molecular formula is C32H40O12. The van der Waals surface area contributed by atoms with Gasteiger partial charge in [-0.25, -0.2) is 0 Å². The molecule has 2 saturated carbocycles. The number of fused-ring (bicyclic) bond motifs is 2. The summed E-state index contributed by atoms with van der Waals surface area (Å²) in [6.07, 6.45) is -4.22. The van der Waals surface area contributed by atoms with Crippen molar-refractivity contribution < 1.29 is 57.2 Å². The lowest BCUT2D eigenvalue weighted by Gasteiger charge is -2.74. The second kappa shape index (κ2) is 9.48. The van der Waals surface area contributed by atoms with Crippen molar-refractivity contribution in [2.75, 3.05) is 7.11 Å². The van der Waals surface area contributed by atoms with Gasteiger partial charge in [-0.2, -0.15) is 0 Å². The molecule has 12 heteroatoms. The van der Waals surface area contributed by atoms with Gasteiger partial charge in [-0.05, 0) is 58.6 Å². The van der Waals surface area contributed by atoms with Gasteiger partial charge in [-0.1, -0.05) is 20.1 Å². The maximum atomic E-state index is 14.4. The highest BCUT2D eigenvalue weighted by Gasteiger charge is 2.91. The summed E-state index contributed by atoms with van der Waals surface area (Å²) in [5, 5.41) is 0. The van der Waals surface area contributed by atoms with Crippen LogP contribution in [0.5, 0.6) is 0 Å². The summed E-state index contributed by atoms with van der Waals surface area (Å²) in [5.74, 6) is -5.38. The first-order valence-electron chi connectivity index (χ1n) is 14.7. The quantitative estimate of drug-likeness (QED) is 0.193. The lowest BCUT2D eigenvalue weighted by atomic mass is 9.33. The molecule has 5 rings (SSSR count). The largest absolute Gasteiger partial charge is 0.461 e. The molecule has 240 valence electrons. The van der Waals surface area contributed by atoms with Gasteiger partial charge < -0.3 is 28.4 Å². The predicted molar refractivity (Wildman–Crippen MR) is 149 cm³/mol. The summed E-state index contributed by atoms with van der Waals surface area (Å²) >= 11 is 0. The van der Waals surface area contributed by atoms with Crippen LogP contribution in [0.3, 0.4) is 0 Å². The Morgan fingerprint density at radius 1 is 0.977 bits per heavy atom. The van der Waals surface area contributed by atoms with Gasteiger partial charge in [0.2, 0.25) is 0 Å². The maximum Gasteiger partial charge on any atom is 0.318 e. The third-order valence-corrected chi connectivity index (χ3v) is 11.4. The molecule has 5 aliphatic rings. The van der Waals surface area contributed by atoms with Gasteiger partial charge in [0.15, 0.2) is 11.7 Å². The van der Waals surface area contributed by atoms with Crippen molar-refractivity contribution in [3.63, 3.8) is 0 Å². The fourth-order valence-corrected chi connectivity index (χ4v) is 9.47. The van der Waals surface area contributed by atoms with E-state index in [1.54, 1.807) is 27.7 Å². The molecule has 0 aromatic rings. The Morgan fingerprint density at radius 3 is 2.16 bits per heavy atom. The molecular weight excluding hydrogens is 576 g/mol. The van der Waals surface area contributed by atoms with E-state index in [0.717, 1.165) is 0 Å². The number of ketones is 1. The van der Waals surface area contributed by atoms with Gasteiger partial charge in [0.1, 0.15) is 46.9 Å². The summed E-state index contributed by atoms with van der Waals surface area (Å²) in [7, 11) is 1.35. The molecule has 0 radical (unpaired) electrons. The van der Waals surface area contributed by atoms with Crippen LogP contribution in [0.25, 0.3) is 0 Å². The first kappa shape index (κ1) is 31.9. The summed E-state index contributed by atoms with van der Waals surface area (Å²) in [6.45, 7) is 19.3. The van der Waals surface area contributed by atoms with Crippen LogP contribution in [-0.2, 0) is 57.2 Å². The highest BCUT2D eigenvalue weighted by molar-refractivity contribution is 5.97. The molecule has 9 atom stereocenters. The number of carbonyl (C=O) groups is 6. The van der Waals surface area contributed by atoms with Crippen LogP contribution in [0.15, 0.2) is 24.3 Å². The Labute approximate surface area is 255 Å². The summed E-state index contributed by atoms with van der Waals surface area (Å²) in [6, 6.07) is 0. The van der Waals surface area contributed by atoms with Crippen LogP contribution in [0.4, 0.5) is 0 Å². The zero-order valence-corrected chi connectivity index (χ0v) is 26.5. The minimum absolute atomic E-state index is 0.0168. The van der Waals surface area contributed by atoms with Crippen molar-refractivity contribution in [3.8, 4) is 0 Å². The van der Waals surface area contributed by atoms with Crippen molar-refractivity contribution in [2.24, 2.45) is 22.2 Å². The van der Waals surface area contributed by atoms with E-state index >= 15 is 0 Å². The van der Waals surface area contributed by atoms with Crippen molar-refractivity contribution in [3.05, 3.63) is 24.3 Å². The molecule has 0 aromatic heterocycles.